The number of hydrogen-bond donors (Lipinski definition) is 3. The first-order chi connectivity index (χ1) is 12.3. The maximum absolute atomic E-state index is 12.8. The molecule has 1 saturated heterocycles. The number of nitrogens with one attached hydrogen (secondary N) is 3. The highest BCUT2D eigenvalue weighted by molar-refractivity contribution is 7.89. The molecule has 0 unspecified atom stereocenters. The lowest BCUT2D eigenvalue weighted by molar-refractivity contribution is 0.0917. The number of amides is 1. The molecule has 26 heavy (non-hydrogen) atoms. The van der Waals surface area contributed by atoms with Gasteiger partial charge in [0, 0.05) is 25.2 Å². The maximum atomic E-state index is 12.8. The first kappa shape index (κ1) is 18.3. The number of piperidine rings is 1. The molecule has 3 rings (SSSR count). The molecule has 0 saturated carbocycles. The van der Waals surface area contributed by atoms with Crippen molar-refractivity contribution in [1.29, 1.82) is 0 Å². The first-order valence-electron chi connectivity index (χ1n) is 8.17. The van der Waals surface area contributed by atoms with E-state index < -0.39 is 15.9 Å². The van der Waals surface area contributed by atoms with Crippen LogP contribution in [-0.2, 0) is 10.0 Å². The van der Waals surface area contributed by atoms with Crippen LogP contribution in [0, 0.1) is 13.8 Å². The number of aromatic nitrogens is 4. The SMILES string of the molecule is Cc1n[nH]c(C)c1S(=O)(=O)N1CCC(NC(=O)c2ccc(=O)[nH]n2)CC1. The van der Waals surface area contributed by atoms with Gasteiger partial charge in [-0.15, -0.1) is 0 Å². The molecule has 0 aliphatic carbocycles. The summed E-state index contributed by atoms with van der Waals surface area (Å²) in [7, 11) is -3.61. The second kappa shape index (κ2) is 7.00. The van der Waals surface area contributed by atoms with E-state index in [1.54, 1.807) is 13.8 Å². The van der Waals surface area contributed by atoms with Gasteiger partial charge >= 0.3 is 0 Å². The molecule has 1 amide bonds. The Kier molecular flexibility index (Phi) is 4.92. The zero-order valence-corrected chi connectivity index (χ0v) is 15.3. The minimum atomic E-state index is -3.61. The molecule has 10 nitrogen and oxygen atoms in total. The number of aromatic amines is 2. The summed E-state index contributed by atoms with van der Waals surface area (Å²) in [6.07, 6.45) is 0.981. The minimum absolute atomic E-state index is 0.115. The summed E-state index contributed by atoms with van der Waals surface area (Å²) in [6, 6.07) is 2.42. The normalized spacial score (nSPS) is 16.5. The third-order valence-electron chi connectivity index (χ3n) is 4.36. The van der Waals surface area contributed by atoms with Crippen LogP contribution in [0.3, 0.4) is 0 Å². The molecule has 2 aromatic rings. The largest absolute Gasteiger partial charge is 0.348 e. The highest BCUT2D eigenvalue weighted by atomic mass is 32.2. The smallest absolute Gasteiger partial charge is 0.271 e. The van der Waals surface area contributed by atoms with E-state index in [1.807, 2.05) is 0 Å². The minimum Gasteiger partial charge on any atom is -0.348 e. The zero-order valence-electron chi connectivity index (χ0n) is 14.4. The van der Waals surface area contributed by atoms with Crippen LogP contribution in [-0.4, -0.2) is 58.2 Å². The summed E-state index contributed by atoms with van der Waals surface area (Å²) in [5.41, 5.74) is 0.693. The van der Waals surface area contributed by atoms with Crippen LogP contribution in [0.4, 0.5) is 0 Å². The Morgan fingerprint density at radius 1 is 1.19 bits per heavy atom. The fourth-order valence-corrected chi connectivity index (χ4v) is 4.82. The lowest BCUT2D eigenvalue weighted by atomic mass is 10.1. The predicted molar refractivity (Wildman–Crippen MR) is 92.2 cm³/mol. The molecular formula is C15H20N6O4S. The van der Waals surface area contributed by atoms with Gasteiger partial charge < -0.3 is 5.32 Å². The van der Waals surface area contributed by atoms with E-state index in [9.17, 15) is 18.0 Å². The van der Waals surface area contributed by atoms with Crippen molar-refractivity contribution >= 4 is 15.9 Å². The Hall–Kier alpha value is -2.53. The van der Waals surface area contributed by atoms with Gasteiger partial charge in [-0.1, -0.05) is 0 Å². The first-order valence-corrected chi connectivity index (χ1v) is 9.61. The highest BCUT2D eigenvalue weighted by Gasteiger charge is 2.33. The summed E-state index contributed by atoms with van der Waals surface area (Å²) in [5.74, 6) is -0.399. The van der Waals surface area contributed by atoms with Gasteiger partial charge in [-0.3, -0.25) is 14.7 Å². The van der Waals surface area contributed by atoms with Gasteiger partial charge in [-0.05, 0) is 32.8 Å². The van der Waals surface area contributed by atoms with Gasteiger partial charge in [0.15, 0.2) is 0 Å². The number of carbonyl (C=O) groups excluding carboxylic acids is 1. The molecule has 0 atom stereocenters. The second-order valence-electron chi connectivity index (χ2n) is 6.22. The Balaban J connectivity index is 1.63. The van der Waals surface area contributed by atoms with E-state index in [4.69, 9.17) is 0 Å². The van der Waals surface area contributed by atoms with Crippen molar-refractivity contribution < 1.29 is 13.2 Å². The van der Waals surface area contributed by atoms with Crippen molar-refractivity contribution in [3.05, 3.63) is 39.6 Å². The molecule has 0 bridgehead atoms. The number of nitrogens with zero attached hydrogens (tertiary/aromatic N) is 3. The molecule has 3 heterocycles. The lowest BCUT2D eigenvalue weighted by Gasteiger charge is -2.31. The van der Waals surface area contributed by atoms with E-state index in [-0.39, 0.29) is 22.2 Å². The second-order valence-corrected chi connectivity index (χ2v) is 8.10. The van der Waals surface area contributed by atoms with E-state index in [2.05, 4.69) is 25.7 Å². The molecule has 11 heteroatoms. The Morgan fingerprint density at radius 3 is 2.42 bits per heavy atom. The predicted octanol–water partition coefficient (Wildman–Crippen LogP) is -0.307. The Morgan fingerprint density at radius 2 is 1.88 bits per heavy atom. The summed E-state index contributed by atoms with van der Waals surface area (Å²) >= 11 is 0. The maximum Gasteiger partial charge on any atom is 0.271 e. The number of aryl methyl sites for hydroxylation is 2. The molecule has 1 fully saturated rings. The fourth-order valence-electron chi connectivity index (χ4n) is 3.02. The van der Waals surface area contributed by atoms with Gasteiger partial charge in [0.1, 0.15) is 10.6 Å². The van der Waals surface area contributed by atoms with Gasteiger partial charge in [-0.2, -0.15) is 14.5 Å². The van der Waals surface area contributed by atoms with Crippen LogP contribution in [0.2, 0.25) is 0 Å². The molecule has 0 aromatic carbocycles. The highest BCUT2D eigenvalue weighted by Crippen LogP contribution is 2.24. The van der Waals surface area contributed by atoms with Gasteiger partial charge in [0.25, 0.3) is 11.5 Å². The summed E-state index contributed by atoms with van der Waals surface area (Å²) < 4.78 is 27.0. The van der Waals surface area contributed by atoms with Crippen molar-refractivity contribution in [2.24, 2.45) is 0 Å². The van der Waals surface area contributed by atoms with Crippen LogP contribution in [0.1, 0.15) is 34.7 Å². The molecule has 0 spiro atoms. The zero-order chi connectivity index (χ0) is 18.9. The lowest BCUT2D eigenvalue weighted by Crippen LogP contribution is -2.46. The number of hydrogen-bond acceptors (Lipinski definition) is 6. The van der Waals surface area contributed by atoms with Crippen molar-refractivity contribution in [1.82, 2.24) is 30.0 Å². The van der Waals surface area contributed by atoms with Crippen LogP contribution in [0.5, 0.6) is 0 Å². The topological polar surface area (TPSA) is 141 Å². The molecule has 1 aliphatic heterocycles. The molecular weight excluding hydrogens is 360 g/mol. The summed E-state index contributed by atoms with van der Waals surface area (Å²) in [5, 5.41) is 15.4. The van der Waals surface area contributed by atoms with Crippen LogP contribution in [0.25, 0.3) is 0 Å². The number of carbonyl (C=O) groups is 1. The van der Waals surface area contributed by atoms with E-state index in [0.717, 1.165) is 0 Å². The number of rotatable bonds is 4. The molecule has 2 aromatic heterocycles. The van der Waals surface area contributed by atoms with Crippen LogP contribution < -0.4 is 10.9 Å². The number of H-pyrrole nitrogens is 2. The quantitative estimate of drug-likeness (QED) is 0.665. The van der Waals surface area contributed by atoms with E-state index in [0.29, 0.717) is 37.3 Å². The van der Waals surface area contributed by atoms with Gasteiger partial charge in [-0.25, -0.2) is 13.5 Å². The summed E-state index contributed by atoms with van der Waals surface area (Å²) in [6.45, 7) is 3.93. The average Bonchev–Trinajstić information content (AvgIpc) is 2.95. The molecule has 3 N–H and O–H groups in total. The van der Waals surface area contributed by atoms with Crippen molar-refractivity contribution in [2.45, 2.75) is 37.6 Å². The summed E-state index contributed by atoms with van der Waals surface area (Å²) in [4.78, 5) is 23.3. The van der Waals surface area contributed by atoms with E-state index in [1.165, 1.54) is 16.4 Å². The van der Waals surface area contributed by atoms with Gasteiger partial charge in [0.2, 0.25) is 10.0 Å². The average molecular weight is 380 g/mol. The molecule has 0 radical (unpaired) electrons. The van der Waals surface area contributed by atoms with Crippen molar-refractivity contribution in [3.8, 4) is 0 Å². The molecule has 1 aliphatic rings. The van der Waals surface area contributed by atoms with Crippen LogP contribution >= 0.6 is 0 Å². The third kappa shape index (κ3) is 3.53. The Bertz CT molecular complexity index is 932. The molecule has 140 valence electrons. The monoisotopic (exact) mass is 380 g/mol. The third-order valence-corrected chi connectivity index (χ3v) is 6.52. The van der Waals surface area contributed by atoms with Crippen molar-refractivity contribution in [2.75, 3.05) is 13.1 Å². The van der Waals surface area contributed by atoms with Crippen LogP contribution in [0.15, 0.2) is 21.8 Å². The van der Waals surface area contributed by atoms with Crippen molar-refractivity contribution in [3.63, 3.8) is 0 Å². The van der Waals surface area contributed by atoms with Gasteiger partial charge in [0.05, 0.1) is 11.4 Å². The van der Waals surface area contributed by atoms with E-state index >= 15 is 0 Å². The standard InChI is InChI=1S/C15H20N6O4S/c1-9-14(10(2)18-17-9)26(24,25)21-7-5-11(6-8-21)16-15(23)12-3-4-13(22)20-19-12/h3-4,11H,5-8H2,1-2H3,(H,16,23)(H,17,18)(H,20,22). The fraction of sp³-hybridized carbons (Fsp3) is 0.467. The Labute approximate surface area is 150 Å². The number of sulfonamides is 1.